The molecule has 5 nitrogen and oxygen atoms in total. The van der Waals surface area contributed by atoms with Crippen LogP contribution < -0.4 is 16.6 Å². The lowest BCUT2D eigenvalue weighted by Crippen LogP contribution is -2.38. The molecule has 1 aromatic carbocycles. The molecule has 0 aliphatic heterocycles. The van der Waals surface area contributed by atoms with Gasteiger partial charge in [0.25, 0.3) is 0 Å². The summed E-state index contributed by atoms with van der Waals surface area (Å²) in [6.45, 7) is 0. The maximum Gasteiger partial charge on any atom is 0.150 e. The second kappa shape index (κ2) is 5.44. The molecular weight excluding hydrogens is 285 g/mol. The number of nitrogen functional groups attached to an aromatic ring is 1. The zero-order chi connectivity index (χ0) is 14.0. The standard InChI is InChI=1S/C12H11Cl2N5/c13-8-4-1-5-9(10(8)14)19(17)12(16)7-3-2-6-18-11(7)15/h1-6,16H,17H2,(H2,15,18). The van der Waals surface area contributed by atoms with E-state index >= 15 is 0 Å². The van der Waals surface area contributed by atoms with Gasteiger partial charge in [0.1, 0.15) is 5.82 Å². The molecule has 98 valence electrons. The summed E-state index contributed by atoms with van der Waals surface area (Å²) in [6, 6.07) is 8.33. The van der Waals surface area contributed by atoms with Crippen LogP contribution in [-0.2, 0) is 0 Å². The molecule has 1 aromatic heterocycles. The van der Waals surface area contributed by atoms with E-state index in [1.165, 1.54) is 0 Å². The van der Waals surface area contributed by atoms with Crippen molar-refractivity contribution in [2.45, 2.75) is 0 Å². The van der Waals surface area contributed by atoms with Crippen molar-refractivity contribution in [3.05, 3.63) is 52.1 Å². The molecule has 0 atom stereocenters. The molecule has 2 aromatic rings. The third kappa shape index (κ3) is 2.63. The monoisotopic (exact) mass is 295 g/mol. The molecule has 0 radical (unpaired) electrons. The SMILES string of the molecule is N=C(c1cccnc1N)N(N)c1cccc(Cl)c1Cl. The van der Waals surface area contributed by atoms with Gasteiger partial charge < -0.3 is 5.73 Å². The summed E-state index contributed by atoms with van der Waals surface area (Å²) in [5.41, 5.74) is 6.55. The minimum atomic E-state index is -0.0187. The lowest BCUT2D eigenvalue weighted by molar-refractivity contribution is 1.11. The first-order valence-electron chi connectivity index (χ1n) is 5.30. The Hall–Kier alpha value is -1.82. The number of benzene rings is 1. The Balaban J connectivity index is 2.40. The van der Waals surface area contributed by atoms with Crippen molar-refractivity contribution in [1.82, 2.24) is 4.98 Å². The quantitative estimate of drug-likeness (QED) is 0.344. The highest BCUT2D eigenvalue weighted by Crippen LogP contribution is 2.31. The Kier molecular flexibility index (Phi) is 3.90. The highest BCUT2D eigenvalue weighted by Gasteiger charge is 2.17. The average molecular weight is 296 g/mol. The first-order valence-corrected chi connectivity index (χ1v) is 6.06. The number of nitrogens with two attached hydrogens (primary N) is 2. The van der Waals surface area contributed by atoms with Gasteiger partial charge in [-0.25, -0.2) is 10.8 Å². The summed E-state index contributed by atoms with van der Waals surface area (Å²) in [4.78, 5) is 3.91. The van der Waals surface area contributed by atoms with Crippen LogP contribution in [0.5, 0.6) is 0 Å². The van der Waals surface area contributed by atoms with Crippen LogP contribution >= 0.6 is 23.2 Å². The molecule has 1 heterocycles. The maximum atomic E-state index is 8.06. The van der Waals surface area contributed by atoms with Gasteiger partial charge in [-0.05, 0) is 24.3 Å². The zero-order valence-corrected chi connectivity index (χ0v) is 11.3. The number of anilines is 2. The second-order valence-corrected chi connectivity index (χ2v) is 4.51. The van der Waals surface area contributed by atoms with Gasteiger partial charge in [0, 0.05) is 6.20 Å². The molecule has 19 heavy (non-hydrogen) atoms. The van der Waals surface area contributed by atoms with E-state index in [2.05, 4.69) is 4.98 Å². The lowest BCUT2D eigenvalue weighted by atomic mass is 10.2. The van der Waals surface area contributed by atoms with E-state index in [0.717, 1.165) is 5.01 Å². The molecular formula is C12H11Cl2N5. The summed E-state index contributed by atoms with van der Waals surface area (Å²) >= 11 is 12.0. The topological polar surface area (TPSA) is 92.0 Å². The predicted octanol–water partition coefficient (Wildman–Crippen LogP) is 2.68. The molecule has 0 spiro atoms. The van der Waals surface area contributed by atoms with Gasteiger partial charge in [0.05, 0.1) is 21.3 Å². The van der Waals surface area contributed by atoms with Gasteiger partial charge in [0.15, 0.2) is 5.84 Å². The summed E-state index contributed by atoms with van der Waals surface area (Å²) in [5, 5.41) is 9.81. The number of halogens is 2. The largest absolute Gasteiger partial charge is 0.383 e. The fourth-order valence-electron chi connectivity index (χ4n) is 1.55. The first-order chi connectivity index (χ1) is 9.02. The van der Waals surface area contributed by atoms with E-state index in [9.17, 15) is 0 Å². The Morgan fingerprint density at radius 1 is 1.21 bits per heavy atom. The van der Waals surface area contributed by atoms with Crippen molar-refractivity contribution in [3.63, 3.8) is 0 Å². The van der Waals surface area contributed by atoms with E-state index in [1.807, 2.05) is 0 Å². The van der Waals surface area contributed by atoms with Crippen LogP contribution in [0.2, 0.25) is 10.0 Å². The lowest BCUT2D eigenvalue weighted by Gasteiger charge is -2.21. The first kappa shape index (κ1) is 13.6. The molecule has 0 amide bonds. The van der Waals surface area contributed by atoms with Gasteiger partial charge in [-0.3, -0.25) is 10.4 Å². The van der Waals surface area contributed by atoms with Crippen LogP contribution in [0.1, 0.15) is 5.56 Å². The van der Waals surface area contributed by atoms with Crippen LogP contribution in [0.15, 0.2) is 36.5 Å². The summed E-state index contributed by atoms with van der Waals surface area (Å²) in [5.74, 6) is 6.10. The number of hydrogen-bond acceptors (Lipinski definition) is 4. The van der Waals surface area contributed by atoms with Gasteiger partial charge in [-0.2, -0.15) is 0 Å². The van der Waals surface area contributed by atoms with Crippen LogP contribution in [0.3, 0.4) is 0 Å². The minimum absolute atomic E-state index is 0.0187. The van der Waals surface area contributed by atoms with E-state index in [-0.39, 0.29) is 16.7 Å². The Morgan fingerprint density at radius 3 is 2.63 bits per heavy atom. The smallest absolute Gasteiger partial charge is 0.150 e. The minimum Gasteiger partial charge on any atom is -0.383 e. The fraction of sp³-hybridized carbons (Fsp3) is 0. The average Bonchev–Trinajstić information content (AvgIpc) is 2.41. The van der Waals surface area contributed by atoms with Crippen LogP contribution in [0.4, 0.5) is 11.5 Å². The van der Waals surface area contributed by atoms with Crippen molar-refractivity contribution < 1.29 is 0 Å². The highest BCUT2D eigenvalue weighted by molar-refractivity contribution is 6.44. The number of aromatic nitrogens is 1. The number of hydrogen-bond donors (Lipinski definition) is 3. The number of amidine groups is 1. The van der Waals surface area contributed by atoms with Gasteiger partial charge in [0.2, 0.25) is 0 Å². The normalized spacial score (nSPS) is 10.3. The molecule has 0 fully saturated rings. The number of rotatable bonds is 2. The summed E-state index contributed by atoms with van der Waals surface area (Å²) < 4.78 is 0. The fourth-order valence-corrected chi connectivity index (χ4v) is 1.93. The third-order valence-electron chi connectivity index (χ3n) is 2.53. The van der Waals surface area contributed by atoms with Gasteiger partial charge >= 0.3 is 0 Å². The molecule has 5 N–H and O–H groups in total. The molecule has 0 aliphatic rings. The molecule has 0 saturated carbocycles. The molecule has 0 aliphatic carbocycles. The number of hydrazine groups is 1. The van der Waals surface area contributed by atoms with Crippen molar-refractivity contribution >= 4 is 40.5 Å². The number of pyridine rings is 1. The Labute approximate surface area is 120 Å². The number of nitrogens with zero attached hydrogens (tertiary/aromatic N) is 2. The summed E-state index contributed by atoms with van der Waals surface area (Å²) in [7, 11) is 0. The molecule has 0 unspecified atom stereocenters. The maximum absolute atomic E-state index is 8.06. The molecule has 0 bridgehead atoms. The molecule has 7 heteroatoms. The van der Waals surface area contributed by atoms with Gasteiger partial charge in [-0.1, -0.05) is 29.3 Å². The van der Waals surface area contributed by atoms with Gasteiger partial charge in [-0.15, -0.1) is 0 Å². The predicted molar refractivity (Wildman–Crippen MR) is 78.6 cm³/mol. The van der Waals surface area contributed by atoms with Crippen molar-refractivity contribution in [3.8, 4) is 0 Å². The van der Waals surface area contributed by atoms with E-state index in [0.29, 0.717) is 16.3 Å². The second-order valence-electron chi connectivity index (χ2n) is 3.73. The molecule has 2 rings (SSSR count). The van der Waals surface area contributed by atoms with E-state index < -0.39 is 0 Å². The van der Waals surface area contributed by atoms with Crippen molar-refractivity contribution in [2.75, 3.05) is 10.7 Å². The van der Waals surface area contributed by atoms with Crippen molar-refractivity contribution in [1.29, 1.82) is 5.41 Å². The van der Waals surface area contributed by atoms with E-state index in [4.69, 9.17) is 40.2 Å². The molecule has 0 saturated heterocycles. The van der Waals surface area contributed by atoms with Crippen LogP contribution in [0.25, 0.3) is 0 Å². The third-order valence-corrected chi connectivity index (χ3v) is 3.33. The van der Waals surface area contributed by atoms with Crippen LogP contribution in [-0.4, -0.2) is 10.8 Å². The highest BCUT2D eigenvalue weighted by atomic mass is 35.5. The van der Waals surface area contributed by atoms with Crippen LogP contribution in [0, 0.1) is 5.41 Å². The summed E-state index contributed by atoms with van der Waals surface area (Å²) in [6.07, 6.45) is 1.54. The zero-order valence-electron chi connectivity index (χ0n) is 9.77. The van der Waals surface area contributed by atoms with Crippen molar-refractivity contribution in [2.24, 2.45) is 5.84 Å². The number of nitrogens with one attached hydrogen (secondary N) is 1. The van der Waals surface area contributed by atoms with E-state index in [1.54, 1.807) is 36.5 Å². The Bertz CT molecular complexity index is 629. The Morgan fingerprint density at radius 2 is 1.95 bits per heavy atom.